The van der Waals surface area contributed by atoms with Gasteiger partial charge in [0.1, 0.15) is 5.78 Å². The SMILES string of the molecule is CC(=O)C1NC2C3C1C23. The van der Waals surface area contributed by atoms with Gasteiger partial charge < -0.3 is 5.32 Å². The van der Waals surface area contributed by atoms with Crippen LogP contribution in [-0.2, 0) is 4.79 Å². The summed E-state index contributed by atoms with van der Waals surface area (Å²) < 4.78 is 0. The van der Waals surface area contributed by atoms with Crippen molar-refractivity contribution >= 4 is 5.78 Å². The highest BCUT2D eigenvalue weighted by Gasteiger charge is 2.81. The first-order valence-electron chi connectivity index (χ1n) is 3.57. The molecule has 9 heavy (non-hydrogen) atoms. The van der Waals surface area contributed by atoms with Crippen molar-refractivity contribution in [2.24, 2.45) is 17.8 Å². The topological polar surface area (TPSA) is 29.1 Å². The Labute approximate surface area is 53.6 Å². The summed E-state index contributed by atoms with van der Waals surface area (Å²) in [6.07, 6.45) is 0. The van der Waals surface area contributed by atoms with Crippen LogP contribution in [0.3, 0.4) is 0 Å². The molecule has 4 aliphatic rings. The summed E-state index contributed by atoms with van der Waals surface area (Å²) >= 11 is 0. The van der Waals surface area contributed by atoms with Crippen molar-refractivity contribution in [2.75, 3.05) is 0 Å². The zero-order valence-electron chi connectivity index (χ0n) is 5.29. The second-order valence-electron chi connectivity index (χ2n) is 3.51. The summed E-state index contributed by atoms with van der Waals surface area (Å²) in [6.45, 7) is 1.69. The fourth-order valence-electron chi connectivity index (χ4n) is 2.45. The molecule has 48 valence electrons. The van der Waals surface area contributed by atoms with Crippen LogP contribution in [0.15, 0.2) is 0 Å². The third-order valence-electron chi connectivity index (χ3n) is 3.08. The predicted octanol–water partition coefficient (Wildman–Crippen LogP) is -0.208. The minimum absolute atomic E-state index is 0.255. The Balaban J connectivity index is 1.89. The number of piperidine rings is 1. The third kappa shape index (κ3) is 0.317. The van der Waals surface area contributed by atoms with E-state index in [9.17, 15) is 4.79 Å². The van der Waals surface area contributed by atoms with Crippen LogP contribution in [-0.4, -0.2) is 17.9 Å². The standard InChI is InChI=1S/C7H9NO/c1-2(9)6-3-4-5(3)7(4)8-6/h3-8H,1H3. The van der Waals surface area contributed by atoms with Gasteiger partial charge >= 0.3 is 0 Å². The zero-order valence-corrected chi connectivity index (χ0v) is 5.29. The number of fused-ring (bicyclic) bond motifs is 1. The molecular formula is C7H9NO. The molecule has 4 rings (SSSR count). The fraction of sp³-hybridized carbons (Fsp3) is 0.857. The first-order chi connectivity index (χ1) is 4.30. The molecule has 2 heterocycles. The second-order valence-corrected chi connectivity index (χ2v) is 3.51. The number of hydrogen-bond acceptors (Lipinski definition) is 2. The largest absolute Gasteiger partial charge is 0.304 e. The first-order valence-corrected chi connectivity index (χ1v) is 3.57. The Morgan fingerprint density at radius 2 is 2.00 bits per heavy atom. The molecule has 0 radical (unpaired) electrons. The Kier molecular flexibility index (Phi) is 0.477. The maximum absolute atomic E-state index is 10.8. The van der Waals surface area contributed by atoms with E-state index in [1.807, 2.05) is 0 Å². The van der Waals surface area contributed by atoms with Gasteiger partial charge in [-0.3, -0.25) is 4.79 Å². The molecule has 2 saturated heterocycles. The molecular weight excluding hydrogens is 114 g/mol. The normalized spacial score (nSPS) is 65.2. The summed E-state index contributed by atoms with van der Waals surface area (Å²) in [7, 11) is 0. The van der Waals surface area contributed by atoms with Gasteiger partial charge in [0.05, 0.1) is 6.04 Å². The molecule has 2 heteroatoms. The molecule has 2 aliphatic heterocycles. The van der Waals surface area contributed by atoms with Crippen molar-refractivity contribution in [1.29, 1.82) is 0 Å². The lowest BCUT2D eigenvalue weighted by atomic mass is 10.1. The van der Waals surface area contributed by atoms with Crippen molar-refractivity contribution in [3.8, 4) is 0 Å². The van der Waals surface area contributed by atoms with Crippen molar-refractivity contribution < 1.29 is 4.79 Å². The van der Waals surface area contributed by atoms with Gasteiger partial charge in [-0.2, -0.15) is 0 Å². The van der Waals surface area contributed by atoms with E-state index in [1.54, 1.807) is 6.92 Å². The van der Waals surface area contributed by atoms with Gasteiger partial charge in [0.2, 0.25) is 0 Å². The molecule has 2 nitrogen and oxygen atoms in total. The second kappa shape index (κ2) is 0.966. The Bertz CT molecular complexity index is 184. The van der Waals surface area contributed by atoms with Crippen molar-refractivity contribution in [1.82, 2.24) is 5.32 Å². The van der Waals surface area contributed by atoms with Crippen LogP contribution in [0.1, 0.15) is 6.92 Å². The van der Waals surface area contributed by atoms with Crippen LogP contribution in [0.5, 0.6) is 0 Å². The lowest BCUT2D eigenvalue weighted by Gasteiger charge is -2.01. The minimum atomic E-state index is 0.255. The molecule has 4 fully saturated rings. The maximum atomic E-state index is 10.8. The fourth-order valence-corrected chi connectivity index (χ4v) is 2.45. The van der Waals surface area contributed by atoms with Crippen molar-refractivity contribution in [3.05, 3.63) is 0 Å². The van der Waals surface area contributed by atoms with Gasteiger partial charge in [-0.05, 0) is 24.7 Å². The minimum Gasteiger partial charge on any atom is -0.304 e. The summed E-state index contributed by atoms with van der Waals surface area (Å²) in [4.78, 5) is 10.8. The number of carbonyl (C=O) groups excluding carboxylic acids is 1. The van der Waals surface area contributed by atoms with Crippen LogP contribution in [0.25, 0.3) is 0 Å². The molecule has 0 aromatic rings. The highest BCUT2D eigenvalue weighted by atomic mass is 16.1. The molecule has 0 amide bonds. The molecule has 2 saturated carbocycles. The van der Waals surface area contributed by atoms with E-state index in [0.717, 1.165) is 23.8 Å². The Hall–Kier alpha value is -0.370. The van der Waals surface area contributed by atoms with Crippen LogP contribution < -0.4 is 5.32 Å². The zero-order chi connectivity index (χ0) is 6.17. The average molecular weight is 123 g/mol. The van der Waals surface area contributed by atoms with Crippen LogP contribution >= 0.6 is 0 Å². The van der Waals surface area contributed by atoms with Gasteiger partial charge in [0, 0.05) is 6.04 Å². The highest BCUT2D eigenvalue weighted by molar-refractivity contribution is 5.84. The number of nitrogens with one attached hydrogen (secondary N) is 1. The van der Waals surface area contributed by atoms with E-state index in [1.165, 1.54) is 0 Å². The Morgan fingerprint density at radius 1 is 1.33 bits per heavy atom. The van der Waals surface area contributed by atoms with Crippen LogP contribution in [0.2, 0.25) is 0 Å². The van der Waals surface area contributed by atoms with E-state index in [4.69, 9.17) is 0 Å². The van der Waals surface area contributed by atoms with E-state index < -0.39 is 0 Å². The lowest BCUT2D eigenvalue weighted by molar-refractivity contribution is -0.118. The van der Waals surface area contributed by atoms with Gasteiger partial charge in [-0.25, -0.2) is 0 Å². The van der Waals surface area contributed by atoms with Gasteiger partial charge in [0.15, 0.2) is 0 Å². The molecule has 0 aromatic heterocycles. The summed E-state index contributed by atoms with van der Waals surface area (Å²) in [5, 5.41) is 3.31. The van der Waals surface area contributed by atoms with Gasteiger partial charge in [0.25, 0.3) is 0 Å². The van der Waals surface area contributed by atoms with Crippen LogP contribution in [0, 0.1) is 17.8 Å². The molecule has 3 unspecified atom stereocenters. The van der Waals surface area contributed by atoms with E-state index in [-0.39, 0.29) is 6.04 Å². The third-order valence-corrected chi connectivity index (χ3v) is 3.08. The van der Waals surface area contributed by atoms with E-state index in [0.29, 0.717) is 5.78 Å². The number of carbonyl (C=O) groups is 1. The monoisotopic (exact) mass is 123 g/mol. The summed E-state index contributed by atoms with van der Waals surface area (Å²) in [6, 6.07) is 1.02. The van der Waals surface area contributed by atoms with Gasteiger partial charge in [-0.15, -0.1) is 0 Å². The van der Waals surface area contributed by atoms with Gasteiger partial charge in [-0.1, -0.05) is 0 Å². The number of ketones is 1. The van der Waals surface area contributed by atoms with E-state index in [2.05, 4.69) is 5.32 Å². The summed E-state index contributed by atoms with van der Waals surface area (Å²) in [5.74, 6) is 2.97. The number of hydrogen-bond donors (Lipinski definition) is 1. The molecule has 0 spiro atoms. The van der Waals surface area contributed by atoms with Crippen LogP contribution in [0.4, 0.5) is 0 Å². The van der Waals surface area contributed by atoms with Crippen molar-refractivity contribution in [2.45, 2.75) is 19.0 Å². The average Bonchev–Trinajstić information content (AvgIpc) is 2.57. The molecule has 1 N–H and O–H groups in total. The number of Topliss-reactive ketones (excluding diaryl/α,β-unsaturated/α-hetero) is 1. The lowest BCUT2D eigenvalue weighted by Crippen LogP contribution is -2.29. The predicted molar refractivity (Wildman–Crippen MR) is 31.9 cm³/mol. The van der Waals surface area contributed by atoms with E-state index >= 15 is 0 Å². The maximum Gasteiger partial charge on any atom is 0.146 e. The quantitative estimate of drug-likeness (QED) is 0.523. The molecule has 2 aliphatic carbocycles. The Morgan fingerprint density at radius 3 is 2.22 bits per heavy atom. The molecule has 2 bridgehead atoms. The number of rotatable bonds is 1. The first kappa shape index (κ1) is 4.45. The molecule has 3 atom stereocenters. The summed E-state index contributed by atoms with van der Waals surface area (Å²) in [5.41, 5.74) is 0. The van der Waals surface area contributed by atoms with Crippen molar-refractivity contribution in [3.63, 3.8) is 0 Å². The molecule has 0 aromatic carbocycles. The highest BCUT2D eigenvalue weighted by Crippen LogP contribution is 2.74. The smallest absolute Gasteiger partial charge is 0.146 e.